The minimum Gasteiger partial charge on any atom is -0.544 e. The number of aliphatic hydroxyl groups excluding tert-OH is 1. The number of rotatable bonds is 11. The van der Waals surface area contributed by atoms with E-state index < -0.39 is 35.2 Å². The molecule has 0 radical (unpaired) electrons. The molecule has 0 aliphatic carbocycles. The molecule has 122 valence electrons. The first-order valence-electron chi connectivity index (χ1n) is 7.39. The first kappa shape index (κ1) is 23.9. The van der Waals surface area contributed by atoms with Crippen LogP contribution < -0.4 is 34.7 Å². The van der Waals surface area contributed by atoms with Gasteiger partial charge in [-0.3, -0.25) is 4.48 Å². The quantitative estimate of drug-likeness (QED) is 0.144. The Hall–Kier alpha value is -0.400. The average molecular weight is 324 g/mol. The number of hydrogen-bond acceptors (Lipinski definition) is 4. The normalized spacial score (nSPS) is 16.5. The van der Waals surface area contributed by atoms with Crippen LogP contribution in [-0.2, 0) is 9.59 Å². The van der Waals surface area contributed by atoms with E-state index in [-0.39, 0.29) is 36.1 Å². The van der Waals surface area contributed by atoms with Gasteiger partial charge in [0.2, 0.25) is 0 Å². The van der Waals surface area contributed by atoms with Gasteiger partial charge in [0.15, 0.2) is 12.8 Å². The number of unbranched alkanes of at least 4 members (excludes halogenated alkanes) is 2. The summed E-state index contributed by atoms with van der Waals surface area (Å²) >= 11 is 0. The number of carboxylic acid groups (broad SMARTS) is 2. The summed E-state index contributed by atoms with van der Waals surface area (Å²) in [5.74, 6) is -2.49. The minimum atomic E-state index is -1.35. The molecule has 3 atom stereocenters. The molecule has 0 aliphatic heterocycles. The number of nitrogens with zero attached hydrogens (tertiary/aromatic N) is 1. The van der Waals surface area contributed by atoms with Crippen LogP contribution in [0.15, 0.2) is 12.2 Å². The second-order valence-corrected chi connectivity index (χ2v) is 5.38. The van der Waals surface area contributed by atoms with E-state index in [0.717, 1.165) is 19.3 Å². The molecule has 2 N–H and O–H groups in total. The number of carbonyl (C=O) groups excluding carboxylic acids is 1. The minimum absolute atomic E-state index is 0. The van der Waals surface area contributed by atoms with Crippen LogP contribution >= 0.6 is 0 Å². The van der Waals surface area contributed by atoms with Crippen molar-refractivity contribution in [2.75, 3.05) is 13.3 Å². The third-order valence-corrected chi connectivity index (χ3v) is 4.11. The van der Waals surface area contributed by atoms with Crippen molar-refractivity contribution in [3.05, 3.63) is 12.2 Å². The molecule has 0 rings (SSSR count). The molecule has 0 aromatic rings. The number of quaternary nitrogens is 1. The summed E-state index contributed by atoms with van der Waals surface area (Å²) in [7, 11) is 0. The monoisotopic (exact) mass is 324 g/mol. The van der Waals surface area contributed by atoms with Gasteiger partial charge in [-0.25, -0.2) is 4.79 Å². The van der Waals surface area contributed by atoms with Crippen molar-refractivity contribution in [2.45, 2.75) is 58.5 Å². The van der Waals surface area contributed by atoms with Gasteiger partial charge in [0.1, 0.15) is 6.04 Å². The van der Waals surface area contributed by atoms with Crippen LogP contribution in [0.5, 0.6) is 0 Å². The van der Waals surface area contributed by atoms with Gasteiger partial charge < -0.3 is 20.1 Å². The fourth-order valence-electron chi connectivity index (χ4n) is 2.34. The zero-order valence-corrected chi connectivity index (χ0v) is 16.1. The molecule has 0 fully saturated rings. The van der Waals surface area contributed by atoms with Gasteiger partial charge in [0, 0.05) is 6.42 Å². The van der Waals surface area contributed by atoms with Gasteiger partial charge in [-0.2, -0.15) is 0 Å². The summed E-state index contributed by atoms with van der Waals surface area (Å²) in [6, 6.07) is -2.11. The fraction of sp³-hybridized carbons (Fsp3) is 0.733. The number of carbonyl (C=O) groups is 2. The van der Waals surface area contributed by atoms with Crippen LogP contribution in [0.25, 0.3) is 0 Å². The van der Waals surface area contributed by atoms with E-state index in [1.807, 2.05) is 12.2 Å². The predicted octanol–water partition coefficient (Wildman–Crippen LogP) is -2.49. The van der Waals surface area contributed by atoms with Gasteiger partial charge in [-0.1, -0.05) is 31.9 Å². The Morgan fingerprint density at radius 1 is 1.18 bits per heavy atom. The second-order valence-electron chi connectivity index (χ2n) is 5.38. The molecular weight excluding hydrogens is 297 g/mol. The van der Waals surface area contributed by atoms with Crippen molar-refractivity contribution in [3.63, 3.8) is 0 Å². The van der Waals surface area contributed by atoms with Crippen molar-refractivity contribution >= 4 is 11.9 Å². The molecule has 0 aromatic carbocycles. The smallest absolute Gasteiger partial charge is 0.544 e. The van der Waals surface area contributed by atoms with E-state index in [9.17, 15) is 24.9 Å². The van der Waals surface area contributed by atoms with Gasteiger partial charge in [0.25, 0.3) is 0 Å². The van der Waals surface area contributed by atoms with Crippen LogP contribution in [0.2, 0.25) is 0 Å². The van der Waals surface area contributed by atoms with E-state index in [1.165, 1.54) is 13.8 Å². The second kappa shape index (κ2) is 12.1. The number of aliphatic carboxylic acids is 2. The molecule has 0 aromatic heterocycles. The third-order valence-electron chi connectivity index (χ3n) is 4.11. The molecule has 0 bridgehead atoms. The van der Waals surface area contributed by atoms with Gasteiger partial charge in [-0.15, -0.1) is 0 Å². The first-order valence-corrected chi connectivity index (χ1v) is 7.39. The summed E-state index contributed by atoms with van der Waals surface area (Å²) in [5.41, 5.74) is 0. The Morgan fingerprint density at radius 3 is 2.14 bits per heavy atom. The maximum Gasteiger partial charge on any atom is 1.00 e. The molecule has 22 heavy (non-hydrogen) atoms. The SMILES string of the molecule is CCCC/C=C/CC[N+](CO)(C(C)C(=O)[O-])C(C)C(=O)O.[Na+]. The number of hydrogen-bond donors (Lipinski definition) is 2. The number of carboxylic acids is 2. The Morgan fingerprint density at radius 2 is 1.73 bits per heavy atom. The predicted molar refractivity (Wildman–Crippen MR) is 77.1 cm³/mol. The van der Waals surface area contributed by atoms with Crippen molar-refractivity contribution < 1.29 is 58.9 Å². The topological polar surface area (TPSA) is 97.7 Å². The van der Waals surface area contributed by atoms with Crippen molar-refractivity contribution in [1.82, 2.24) is 0 Å². The molecule has 0 amide bonds. The van der Waals surface area contributed by atoms with E-state index in [4.69, 9.17) is 0 Å². The van der Waals surface area contributed by atoms with Crippen LogP contribution in [0.3, 0.4) is 0 Å². The van der Waals surface area contributed by atoms with Gasteiger partial charge in [-0.05, 0) is 20.3 Å². The maximum atomic E-state index is 11.2. The molecule has 7 heteroatoms. The van der Waals surface area contributed by atoms with E-state index in [0.29, 0.717) is 6.42 Å². The molecule has 0 saturated carbocycles. The van der Waals surface area contributed by atoms with E-state index >= 15 is 0 Å². The van der Waals surface area contributed by atoms with Crippen molar-refractivity contribution in [2.24, 2.45) is 0 Å². The van der Waals surface area contributed by atoms with Gasteiger partial charge in [0.05, 0.1) is 12.5 Å². The van der Waals surface area contributed by atoms with Crippen LogP contribution in [0, 0.1) is 0 Å². The van der Waals surface area contributed by atoms with E-state index in [2.05, 4.69) is 6.92 Å². The Labute approximate surface area is 154 Å². The van der Waals surface area contributed by atoms with Crippen LogP contribution in [0.1, 0.15) is 46.5 Å². The van der Waals surface area contributed by atoms with Crippen molar-refractivity contribution in [3.8, 4) is 0 Å². The average Bonchev–Trinajstić information content (AvgIpc) is 2.45. The van der Waals surface area contributed by atoms with E-state index in [1.54, 1.807) is 0 Å². The van der Waals surface area contributed by atoms with Gasteiger partial charge >= 0.3 is 35.5 Å². The number of aliphatic hydroxyl groups is 1. The zero-order chi connectivity index (χ0) is 16.5. The molecule has 6 nitrogen and oxygen atoms in total. The maximum absolute atomic E-state index is 11.2. The number of allylic oxidation sites excluding steroid dienone is 1. The summed E-state index contributed by atoms with van der Waals surface area (Å²) in [6.45, 7) is 4.58. The van der Waals surface area contributed by atoms with Crippen LogP contribution in [0.4, 0.5) is 0 Å². The molecular formula is C15H27NNaO5+. The Balaban J connectivity index is 0. The molecule has 0 aliphatic rings. The summed E-state index contributed by atoms with van der Waals surface area (Å²) in [4.78, 5) is 22.4. The Bertz CT molecular complexity index is 353. The summed E-state index contributed by atoms with van der Waals surface area (Å²) in [6.07, 6.45) is 7.55. The molecule has 0 heterocycles. The molecule has 0 spiro atoms. The standard InChI is InChI=1S/C15H27NO5.Na/c1-4-5-6-7-8-9-10-16(11-17,12(2)14(18)19)13(3)15(20)21;/h7-8,12-13,17H,4-6,9-11H2,1-3H3,(H-,18,19,20,21);/q;+1/b8-7+;. The summed E-state index contributed by atoms with van der Waals surface area (Å²) in [5, 5.41) is 30.0. The molecule has 0 saturated heterocycles. The fourth-order valence-corrected chi connectivity index (χ4v) is 2.34. The first-order chi connectivity index (χ1) is 9.83. The largest absolute Gasteiger partial charge is 1.00 e. The summed E-state index contributed by atoms with van der Waals surface area (Å²) < 4.78 is -0.435. The Kier molecular flexibility index (Phi) is 13.1. The zero-order valence-electron chi connectivity index (χ0n) is 14.1. The van der Waals surface area contributed by atoms with Crippen LogP contribution in [-0.4, -0.2) is 52.0 Å². The molecule has 3 unspecified atom stereocenters. The van der Waals surface area contributed by atoms with Crippen molar-refractivity contribution in [1.29, 1.82) is 0 Å². The third kappa shape index (κ3) is 6.79.